The Hall–Kier alpha value is -1.49. The zero-order valence-electron chi connectivity index (χ0n) is 13.6. The first-order valence-corrected chi connectivity index (χ1v) is 8.78. The van der Waals surface area contributed by atoms with E-state index >= 15 is 0 Å². The molecule has 8 nitrogen and oxygen atoms in total. The van der Waals surface area contributed by atoms with Crippen molar-refractivity contribution in [2.24, 2.45) is 0 Å². The highest BCUT2D eigenvalue weighted by molar-refractivity contribution is 8.26. The van der Waals surface area contributed by atoms with E-state index in [1.54, 1.807) is 6.92 Å². The summed E-state index contributed by atoms with van der Waals surface area (Å²) in [6.07, 6.45) is 1.11. The largest absolute Gasteiger partial charge is 0.463 e. The summed E-state index contributed by atoms with van der Waals surface area (Å²) >= 11 is 6.12. The van der Waals surface area contributed by atoms with Gasteiger partial charge in [-0.05, 0) is 14.0 Å². The van der Waals surface area contributed by atoms with E-state index in [0.717, 1.165) is 44.0 Å². The van der Waals surface area contributed by atoms with Crippen LogP contribution < -0.4 is 5.43 Å². The SMILES string of the molecule is CCOC(=O)/C=C1\SC(=S)N(CC(=O)NN2CCN(C)CC2)C1=O. The van der Waals surface area contributed by atoms with Gasteiger partial charge in [-0.2, -0.15) is 0 Å². The molecular weight excluding hydrogens is 352 g/mol. The number of hydrogen-bond donors (Lipinski definition) is 1. The third-order valence-corrected chi connectivity index (χ3v) is 4.87. The highest BCUT2D eigenvalue weighted by Gasteiger charge is 2.34. The van der Waals surface area contributed by atoms with Crippen molar-refractivity contribution >= 4 is 46.1 Å². The number of hydrogen-bond acceptors (Lipinski definition) is 8. The number of carbonyl (C=O) groups excluding carboxylic acids is 3. The van der Waals surface area contributed by atoms with Crippen LogP contribution in [0, 0.1) is 0 Å². The molecule has 2 heterocycles. The van der Waals surface area contributed by atoms with Crippen molar-refractivity contribution in [2.45, 2.75) is 6.92 Å². The number of carbonyl (C=O) groups is 3. The fourth-order valence-electron chi connectivity index (χ4n) is 2.20. The first-order chi connectivity index (χ1) is 11.4. The maximum absolute atomic E-state index is 12.3. The summed E-state index contributed by atoms with van der Waals surface area (Å²) in [7, 11) is 2.02. The predicted octanol–water partition coefficient (Wildman–Crippen LogP) is -0.428. The molecule has 132 valence electrons. The zero-order valence-corrected chi connectivity index (χ0v) is 15.2. The molecule has 0 radical (unpaired) electrons. The van der Waals surface area contributed by atoms with E-state index in [0.29, 0.717) is 0 Å². The van der Waals surface area contributed by atoms with Gasteiger partial charge >= 0.3 is 5.97 Å². The third kappa shape index (κ3) is 5.00. The van der Waals surface area contributed by atoms with Crippen LogP contribution >= 0.6 is 24.0 Å². The number of hydrazine groups is 1. The van der Waals surface area contributed by atoms with Gasteiger partial charge in [-0.3, -0.25) is 19.9 Å². The second-order valence-electron chi connectivity index (χ2n) is 5.35. The molecule has 0 spiro atoms. The average Bonchev–Trinajstić information content (AvgIpc) is 2.77. The lowest BCUT2D eigenvalue weighted by Gasteiger charge is -2.32. The van der Waals surface area contributed by atoms with Gasteiger partial charge < -0.3 is 9.64 Å². The maximum atomic E-state index is 12.3. The van der Waals surface area contributed by atoms with Crippen LogP contribution in [0.2, 0.25) is 0 Å². The van der Waals surface area contributed by atoms with E-state index in [1.807, 2.05) is 12.1 Å². The summed E-state index contributed by atoms with van der Waals surface area (Å²) in [4.78, 5) is 39.4. The van der Waals surface area contributed by atoms with Crippen molar-refractivity contribution < 1.29 is 19.1 Å². The summed E-state index contributed by atoms with van der Waals surface area (Å²) in [5.74, 6) is -1.36. The summed E-state index contributed by atoms with van der Waals surface area (Å²) in [6.45, 7) is 4.92. The fourth-order valence-corrected chi connectivity index (χ4v) is 3.42. The van der Waals surface area contributed by atoms with E-state index in [-0.39, 0.29) is 28.3 Å². The third-order valence-electron chi connectivity index (χ3n) is 3.50. The standard InChI is InChI=1S/C14H20N4O4S2/c1-3-22-12(20)8-10-13(21)18(14(23)24-10)9-11(19)15-17-6-4-16(2)5-7-17/h8H,3-7,9H2,1-2H3,(H,15,19)/b10-8-. The molecule has 2 fully saturated rings. The van der Waals surface area contributed by atoms with E-state index in [2.05, 4.69) is 10.3 Å². The molecule has 24 heavy (non-hydrogen) atoms. The first-order valence-electron chi connectivity index (χ1n) is 7.55. The molecule has 1 N–H and O–H groups in total. The van der Waals surface area contributed by atoms with Crippen molar-refractivity contribution in [3.8, 4) is 0 Å². The van der Waals surface area contributed by atoms with Crippen molar-refractivity contribution in [1.29, 1.82) is 0 Å². The molecule has 2 aliphatic rings. The number of amides is 2. The predicted molar refractivity (Wildman–Crippen MR) is 93.8 cm³/mol. The number of nitrogens with one attached hydrogen (secondary N) is 1. The van der Waals surface area contributed by atoms with E-state index in [9.17, 15) is 14.4 Å². The fraction of sp³-hybridized carbons (Fsp3) is 0.571. The van der Waals surface area contributed by atoms with Gasteiger partial charge in [0.1, 0.15) is 10.9 Å². The van der Waals surface area contributed by atoms with Crippen LogP contribution in [0.3, 0.4) is 0 Å². The number of nitrogens with zero attached hydrogens (tertiary/aromatic N) is 3. The summed E-state index contributed by atoms with van der Waals surface area (Å²) in [5.41, 5.74) is 2.78. The lowest BCUT2D eigenvalue weighted by Crippen LogP contribution is -2.54. The molecule has 0 aromatic rings. The smallest absolute Gasteiger partial charge is 0.332 e. The number of piperazine rings is 1. The monoisotopic (exact) mass is 372 g/mol. The molecule has 0 unspecified atom stereocenters. The Kier molecular flexibility index (Phi) is 6.72. The minimum absolute atomic E-state index is 0.169. The zero-order chi connectivity index (χ0) is 17.7. The highest BCUT2D eigenvalue weighted by atomic mass is 32.2. The number of thiocarbonyl (C=S) groups is 1. The molecule has 0 aromatic carbocycles. The molecular formula is C14H20N4O4S2. The van der Waals surface area contributed by atoms with E-state index in [1.165, 1.54) is 4.90 Å². The molecule has 2 saturated heterocycles. The normalized spacial score (nSPS) is 21.4. The number of rotatable bonds is 5. The Labute approximate surface area is 150 Å². The van der Waals surface area contributed by atoms with Crippen LogP contribution in [0.25, 0.3) is 0 Å². The van der Waals surface area contributed by atoms with Crippen LogP contribution in [0.15, 0.2) is 11.0 Å². The van der Waals surface area contributed by atoms with Gasteiger partial charge in [-0.1, -0.05) is 24.0 Å². The number of thioether (sulfide) groups is 1. The van der Waals surface area contributed by atoms with Gasteiger partial charge in [0.25, 0.3) is 11.8 Å². The molecule has 10 heteroatoms. The van der Waals surface area contributed by atoms with Crippen molar-refractivity contribution in [3.63, 3.8) is 0 Å². The van der Waals surface area contributed by atoms with Crippen LogP contribution in [-0.2, 0) is 19.1 Å². The van der Waals surface area contributed by atoms with Gasteiger partial charge in [-0.25, -0.2) is 9.80 Å². The lowest BCUT2D eigenvalue weighted by atomic mass is 10.4. The van der Waals surface area contributed by atoms with Gasteiger partial charge in [0.05, 0.1) is 11.5 Å². The Bertz CT molecular complexity index is 573. The molecule has 2 aliphatic heterocycles. The van der Waals surface area contributed by atoms with Crippen molar-refractivity contribution in [2.75, 3.05) is 46.4 Å². The average molecular weight is 372 g/mol. The van der Waals surface area contributed by atoms with Crippen LogP contribution in [-0.4, -0.2) is 83.3 Å². The van der Waals surface area contributed by atoms with Gasteiger partial charge in [0, 0.05) is 32.3 Å². The Morgan fingerprint density at radius 3 is 2.62 bits per heavy atom. The van der Waals surface area contributed by atoms with Crippen molar-refractivity contribution in [1.82, 2.24) is 20.2 Å². The summed E-state index contributed by atoms with van der Waals surface area (Å²) < 4.78 is 5.03. The summed E-state index contributed by atoms with van der Waals surface area (Å²) in [5, 5.41) is 1.83. The Balaban J connectivity index is 1.90. The first kappa shape index (κ1) is 18.8. The molecule has 0 atom stereocenters. The second-order valence-corrected chi connectivity index (χ2v) is 7.02. The highest BCUT2D eigenvalue weighted by Crippen LogP contribution is 2.30. The Morgan fingerprint density at radius 2 is 2.00 bits per heavy atom. The number of esters is 1. The molecule has 0 aromatic heterocycles. The molecule has 0 aliphatic carbocycles. The topological polar surface area (TPSA) is 82.2 Å². The maximum Gasteiger partial charge on any atom is 0.332 e. The Morgan fingerprint density at radius 1 is 1.33 bits per heavy atom. The molecule has 2 rings (SSSR count). The minimum atomic E-state index is -0.597. The second kappa shape index (κ2) is 8.56. The quantitative estimate of drug-likeness (QED) is 0.396. The number of likely N-dealkylation sites (N-methyl/N-ethyl adjacent to an activating group) is 1. The molecule has 0 bridgehead atoms. The van der Waals surface area contributed by atoms with Gasteiger partial charge in [0.15, 0.2) is 0 Å². The summed E-state index contributed by atoms with van der Waals surface area (Å²) in [6, 6.07) is 0. The van der Waals surface area contributed by atoms with Crippen molar-refractivity contribution in [3.05, 3.63) is 11.0 Å². The van der Waals surface area contributed by atoms with Crippen LogP contribution in [0.1, 0.15) is 6.92 Å². The van der Waals surface area contributed by atoms with Crippen LogP contribution in [0.4, 0.5) is 0 Å². The van der Waals surface area contributed by atoms with E-state index in [4.69, 9.17) is 17.0 Å². The molecule has 0 saturated carbocycles. The van der Waals surface area contributed by atoms with Gasteiger partial charge in [-0.15, -0.1) is 0 Å². The van der Waals surface area contributed by atoms with E-state index < -0.39 is 11.9 Å². The lowest BCUT2D eigenvalue weighted by molar-refractivity contribution is -0.137. The van der Waals surface area contributed by atoms with Gasteiger partial charge in [0.2, 0.25) is 0 Å². The molecule has 2 amide bonds. The minimum Gasteiger partial charge on any atom is -0.463 e. The number of ether oxygens (including phenoxy) is 1. The van der Waals surface area contributed by atoms with Crippen LogP contribution in [0.5, 0.6) is 0 Å².